The normalized spacial score (nSPS) is 15.5. The number of ether oxygens (including phenoxy) is 1. The molecule has 0 aromatic heterocycles. The molecular weight excluding hydrogens is 378 g/mol. The molecule has 0 radical (unpaired) electrons. The van der Waals surface area contributed by atoms with Crippen LogP contribution in [0.3, 0.4) is 0 Å². The van der Waals surface area contributed by atoms with Crippen LogP contribution in [0.1, 0.15) is 15.9 Å². The van der Waals surface area contributed by atoms with Crippen LogP contribution in [0.4, 0.5) is 14.5 Å². The number of carbonyl (C=O) groups is 1. The molecule has 144 valence electrons. The molecule has 0 bridgehead atoms. The lowest BCUT2D eigenvalue weighted by Crippen LogP contribution is -2.40. The highest BCUT2D eigenvalue weighted by molar-refractivity contribution is 7.89. The first-order chi connectivity index (χ1) is 12.8. The Bertz CT molecular complexity index is 973. The van der Waals surface area contributed by atoms with Crippen LogP contribution in [0.25, 0.3) is 0 Å². The standard InChI is InChI=1S/C18H18F2N2O4S/c1-12-2-3-13(18(23)21-16-11-14(19)4-5-15(16)20)10-17(12)27(24,25)22-6-8-26-9-7-22/h2-5,10-11H,6-9H2,1H3,(H,21,23). The Kier molecular flexibility index (Phi) is 5.54. The number of nitrogens with one attached hydrogen (secondary N) is 1. The minimum atomic E-state index is -3.80. The van der Waals surface area contributed by atoms with Crippen molar-refractivity contribution in [2.45, 2.75) is 11.8 Å². The maximum Gasteiger partial charge on any atom is 0.255 e. The van der Waals surface area contributed by atoms with Gasteiger partial charge in [0.25, 0.3) is 5.91 Å². The molecule has 6 nitrogen and oxygen atoms in total. The molecule has 1 saturated heterocycles. The molecule has 0 atom stereocenters. The zero-order chi connectivity index (χ0) is 19.6. The molecular formula is C18H18F2N2O4S. The smallest absolute Gasteiger partial charge is 0.255 e. The number of hydrogen-bond acceptors (Lipinski definition) is 4. The highest BCUT2D eigenvalue weighted by atomic mass is 32.2. The van der Waals surface area contributed by atoms with Gasteiger partial charge in [0, 0.05) is 24.7 Å². The number of aryl methyl sites for hydroxylation is 1. The van der Waals surface area contributed by atoms with Crippen molar-refractivity contribution in [3.05, 3.63) is 59.2 Å². The third kappa shape index (κ3) is 4.15. The third-order valence-electron chi connectivity index (χ3n) is 4.21. The zero-order valence-corrected chi connectivity index (χ0v) is 15.4. The Morgan fingerprint density at radius 3 is 2.52 bits per heavy atom. The fourth-order valence-corrected chi connectivity index (χ4v) is 4.39. The average molecular weight is 396 g/mol. The fourth-order valence-electron chi connectivity index (χ4n) is 2.73. The van der Waals surface area contributed by atoms with Crippen molar-refractivity contribution in [3.63, 3.8) is 0 Å². The van der Waals surface area contributed by atoms with Gasteiger partial charge in [-0.15, -0.1) is 0 Å². The number of morpholine rings is 1. The van der Waals surface area contributed by atoms with Gasteiger partial charge in [-0.1, -0.05) is 6.07 Å². The molecule has 0 saturated carbocycles. The van der Waals surface area contributed by atoms with Crippen molar-refractivity contribution in [2.24, 2.45) is 0 Å². The van der Waals surface area contributed by atoms with E-state index in [1.807, 2.05) is 0 Å². The molecule has 3 rings (SSSR count). The lowest BCUT2D eigenvalue weighted by molar-refractivity contribution is 0.0730. The van der Waals surface area contributed by atoms with Crippen LogP contribution in [-0.4, -0.2) is 44.9 Å². The van der Waals surface area contributed by atoms with Crippen LogP contribution < -0.4 is 5.32 Å². The van der Waals surface area contributed by atoms with E-state index in [0.717, 1.165) is 18.2 Å². The van der Waals surface area contributed by atoms with Gasteiger partial charge in [0.05, 0.1) is 23.8 Å². The average Bonchev–Trinajstić information content (AvgIpc) is 2.65. The third-order valence-corrected chi connectivity index (χ3v) is 6.26. The number of hydrogen-bond donors (Lipinski definition) is 1. The van der Waals surface area contributed by atoms with Crippen molar-refractivity contribution >= 4 is 21.6 Å². The minimum Gasteiger partial charge on any atom is -0.379 e. The van der Waals surface area contributed by atoms with Crippen LogP contribution in [0.15, 0.2) is 41.3 Å². The molecule has 1 heterocycles. The number of benzene rings is 2. The van der Waals surface area contributed by atoms with Crippen molar-refractivity contribution in [1.29, 1.82) is 0 Å². The summed E-state index contributed by atoms with van der Waals surface area (Å²) in [5.41, 5.74) is 0.184. The van der Waals surface area contributed by atoms with Gasteiger partial charge in [-0.2, -0.15) is 4.31 Å². The Labute approximate surface area is 155 Å². The molecule has 9 heteroatoms. The van der Waals surface area contributed by atoms with Gasteiger partial charge in [0.1, 0.15) is 11.6 Å². The van der Waals surface area contributed by atoms with Gasteiger partial charge < -0.3 is 10.1 Å². The monoisotopic (exact) mass is 396 g/mol. The van der Waals surface area contributed by atoms with Gasteiger partial charge in [0.2, 0.25) is 10.0 Å². The number of sulfonamides is 1. The molecule has 27 heavy (non-hydrogen) atoms. The molecule has 1 aliphatic rings. The van der Waals surface area contributed by atoms with Crippen LogP contribution in [0.2, 0.25) is 0 Å². The van der Waals surface area contributed by atoms with E-state index in [4.69, 9.17) is 4.74 Å². The molecule has 0 unspecified atom stereocenters. The highest BCUT2D eigenvalue weighted by Crippen LogP contribution is 2.23. The van der Waals surface area contributed by atoms with Gasteiger partial charge >= 0.3 is 0 Å². The quantitative estimate of drug-likeness (QED) is 0.862. The number of amides is 1. The largest absolute Gasteiger partial charge is 0.379 e. The molecule has 2 aromatic carbocycles. The number of carbonyl (C=O) groups excluding carboxylic acids is 1. The lowest BCUT2D eigenvalue weighted by atomic mass is 10.1. The van der Waals surface area contributed by atoms with E-state index in [1.54, 1.807) is 6.92 Å². The summed E-state index contributed by atoms with van der Waals surface area (Å²) in [6.07, 6.45) is 0. The van der Waals surface area contributed by atoms with E-state index in [1.165, 1.54) is 22.5 Å². The zero-order valence-electron chi connectivity index (χ0n) is 14.5. The topological polar surface area (TPSA) is 75.7 Å². The Balaban J connectivity index is 1.90. The first-order valence-electron chi connectivity index (χ1n) is 8.24. The molecule has 2 aromatic rings. The van der Waals surface area contributed by atoms with Crippen molar-refractivity contribution < 1.29 is 26.7 Å². The van der Waals surface area contributed by atoms with Crippen molar-refractivity contribution in [3.8, 4) is 0 Å². The van der Waals surface area contributed by atoms with Gasteiger partial charge in [-0.3, -0.25) is 4.79 Å². The highest BCUT2D eigenvalue weighted by Gasteiger charge is 2.28. The first-order valence-corrected chi connectivity index (χ1v) is 9.68. The van der Waals surface area contributed by atoms with E-state index in [-0.39, 0.29) is 29.2 Å². The number of anilines is 1. The second-order valence-corrected chi connectivity index (χ2v) is 7.98. The first kappa shape index (κ1) is 19.4. The molecule has 1 fully saturated rings. The summed E-state index contributed by atoms with van der Waals surface area (Å²) >= 11 is 0. The number of nitrogens with zero attached hydrogens (tertiary/aromatic N) is 1. The Morgan fingerprint density at radius 2 is 1.81 bits per heavy atom. The summed E-state index contributed by atoms with van der Waals surface area (Å²) in [5, 5.41) is 2.26. The minimum absolute atomic E-state index is 0.00300. The predicted molar refractivity (Wildman–Crippen MR) is 95.1 cm³/mol. The summed E-state index contributed by atoms with van der Waals surface area (Å²) in [6, 6.07) is 6.86. The fraction of sp³-hybridized carbons (Fsp3) is 0.278. The summed E-state index contributed by atoms with van der Waals surface area (Å²) < 4.78 is 59.2. The molecule has 1 amide bonds. The molecule has 0 spiro atoms. The summed E-state index contributed by atoms with van der Waals surface area (Å²) in [5.74, 6) is -2.23. The van der Waals surface area contributed by atoms with Crippen molar-refractivity contribution in [1.82, 2.24) is 4.31 Å². The van der Waals surface area contributed by atoms with Crippen LogP contribution >= 0.6 is 0 Å². The van der Waals surface area contributed by atoms with Crippen LogP contribution in [-0.2, 0) is 14.8 Å². The SMILES string of the molecule is Cc1ccc(C(=O)Nc2cc(F)ccc2F)cc1S(=O)(=O)N1CCOCC1. The summed E-state index contributed by atoms with van der Waals surface area (Å²) in [7, 11) is -3.80. The number of halogens is 2. The van der Waals surface area contributed by atoms with E-state index < -0.39 is 27.6 Å². The number of rotatable bonds is 4. The molecule has 0 aliphatic carbocycles. The van der Waals surface area contributed by atoms with Gasteiger partial charge in [-0.05, 0) is 36.8 Å². The maximum atomic E-state index is 13.7. The van der Waals surface area contributed by atoms with Gasteiger partial charge in [-0.25, -0.2) is 17.2 Å². The maximum absolute atomic E-state index is 13.7. The second-order valence-electron chi connectivity index (χ2n) is 6.08. The van der Waals surface area contributed by atoms with E-state index >= 15 is 0 Å². The van der Waals surface area contributed by atoms with E-state index in [0.29, 0.717) is 18.8 Å². The van der Waals surface area contributed by atoms with E-state index in [2.05, 4.69) is 5.32 Å². The second kappa shape index (κ2) is 7.71. The molecule has 1 aliphatic heterocycles. The lowest BCUT2D eigenvalue weighted by Gasteiger charge is -2.26. The summed E-state index contributed by atoms with van der Waals surface area (Å²) in [6.45, 7) is 2.69. The van der Waals surface area contributed by atoms with Gasteiger partial charge in [0.15, 0.2) is 0 Å². The molecule has 1 N–H and O–H groups in total. The Morgan fingerprint density at radius 1 is 1.11 bits per heavy atom. The summed E-state index contributed by atoms with van der Waals surface area (Å²) in [4.78, 5) is 12.4. The predicted octanol–water partition coefficient (Wildman–Crippen LogP) is 2.55. The van der Waals surface area contributed by atoms with E-state index in [9.17, 15) is 22.0 Å². The van der Waals surface area contributed by atoms with Crippen LogP contribution in [0, 0.1) is 18.6 Å². The Hall–Kier alpha value is -2.36. The van der Waals surface area contributed by atoms with Crippen molar-refractivity contribution in [2.75, 3.05) is 31.6 Å². The van der Waals surface area contributed by atoms with Crippen LogP contribution in [0.5, 0.6) is 0 Å².